The molecule has 4 rings (SSSR count). The fourth-order valence-electron chi connectivity index (χ4n) is 2.60. The molecule has 0 aliphatic carbocycles. The number of nitrogens with zero attached hydrogens (tertiary/aromatic N) is 2. The lowest BCUT2D eigenvalue weighted by Gasteiger charge is -2.01. The number of aromatic nitrogens is 1. The van der Waals surface area contributed by atoms with Gasteiger partial charge in [0.25, 0.3) is 5.69 Å². The van der Waals surface area contributed by atoms with Gasteiger partial charge in [0.1, 0.15) is 0 Å². The summed E-state index contributed by atoms with van der Waals surface area (Å²) < 4.78 is 10.6. The minimum Gasteiger partial charge on any atom is -0.454 e. The summed E-state index contributed by atoms with van der Waals surface area (Å²) in [5.41, 5.74) is 2.34. The fraction of sp³-hybridized carbons (Fsp3) is 0.0556. The number of rotatable bonds is 3. The van der Waals surface area contributed by atoms with E-state index in [-0.39, 0.29) is 12.5 Å². The molecule has 0 radical (unpaired) electrons. The maximum Gasteiger partial charge on any atom is 0.278 e. The second-order valence-corrected chi connectivity index (χ2v) is 5.28. The molecule has 0 amide bonds. The Bertz CT molecular complexity index is 982. The van der Waals surface area contributed by atoms with Gasteiger partial charge in [0.05, 0.1) is 21.5 Å². The lowest BCUT2D eigenvalue weighted by molar-refractivity contribution is -0.383. The lowest BCUT2D eigenvalue weighted by Crippen LogP contribution is -1.92. The molecule has 118 valence electrons. The van der Waals surface area contributed by atoms with Crippen molar-refractivity contribution in [1.82, 2.24) is 4.98 Å². The Morgan fingerprint density at radius 1 is 1.04 bits per heavy atom. The van der Waals surface area contributed by atoms with E-state index in [2.05, 4.69) is 4.98 Å². The molecule has 2 aromatic carbocycles. The average molecular weight is 320 g/mol. The van der Waals surface area contributed by atoms with E-state index >= 15 is 0 Å². The molecule has 24 heavy (non-hydrogen) atoms. The summed E-state index contributed by atoms with van der Waals surface area (Å²) in [7, 11) is 0. The summed E-state index contributed by atoms with van der Waals surface area (Å²) in [4.78, 5) is 15.1. The smallest absolute Gasteiger partial charge is 0.278 e. The molecule has 0 saturated heterocycles. The number of non-ortho nitro benzene ring substituents is 1. The minimum atomic E-state index is -0.397. The minimum absolute atomic E-state index is 0.0614. The predicted octanol–water partition coefficient (Wildman–Crippen LogP) is 4.04. The highest BCUT2D eigenvalue weighted by Gasteiger charge is 2.13. The maximum absolute atomic E-state index is 11.0. The van der Waals surface area contributed by atoms with Crippen LogP contribution in [-0.4, -0.2) is 16.7 Å². The van der Waals surface area contributed by atoms with Gasteiger partial charge in [-0.2, -0.15) is 0 Å². The van der Waals surface area contributed by atoms with Gasteiger partial charge in [0, 0.05) is 6.07 Å². The van der Waals surface area contributed by atoms with E-state index in [1.165, 1.54) is 6.07 Å². The molecule has 0 bridgehead atoms. The first-order valence-corrected chi connectivity index (χ1v) is 7.32. The van der Waals surface area contributed by atoms with Gasteiger partial charge < -0.3 is 9.47 Å². The largest absolute Gasteiger partial charge is 0.454 e. The second-order valence-electron chi connectivity index (χ2n) is 5.28. The van der Waals surface area contributed by atoms with Gasteiger partial charge in [-0.3, -0.25) is 10.1 Å². The highest BCUT2D eigenvalue weighted by Crippen LogP contribution is 2.33. The van der Waals surface area contributed by atoms with E-state index in [0.717, 1.165) is 22.8 Å². The van der Waals surface area contributed by atoms with Crippen LogP contribution < -0.4 is 9.47 Å². The number of fused-ring (bicyclic) bond motifs is 2. The predicted molar refractivity (Wildman–Crippen MR) is 89.9 cm³/mol. The van der Waals surface area contributed by atoms with Crippen molar-refractivity contribution in [3.8, 4) is 11.5 Å². The van der Waals surface area contributed by atoms with Crippen molar-refractivity contribution in [2.45, 2.75) is 0 Å². The van der Waals surface area contributed by atoms with E-state index in [1.54, 1.807) is 24.3 Å². The van der Waals surface area contributed by atoms with E-state index in [0.29, 0.717) is 10.9 Å². The van der Waals surface area contributed by atoms with Crippen molar-refractivity contribution in [3.05, 3.63) is 69.9 Å². The molecule has 0 atom stereocenters. The number of pyridine rings is 1. The van der Waals surface area contributed by atoms with Crippen molar-refractivity contribution >= 4 is 28.7 Å². The standard InChI is InChI=1S/C18H12N2O4/c21-20(22)16-3-1-2-15-14(16)8-7-13(19-15)6-4-12-5-9-17-18(10-12)24-11-23-17/h1-10H,11H2. The van der Waals surface area contributed by atoms with E-state index in [4.69, 9.17) is 9.47 Å². The summed E-state index contributed by atoms with van der Waals surface area (Å²) in [5, 5.41) is 11.6. The van der Waals surface area contributed by atoms with Crippen LogP contribution in [0.4, 0.5) is 5.69 Å². The highest BCUT2D eigenvalue weighted by molar-refractivity contribution is 5.89. The zero-order valence-corrected chi connectivity index (χ0v) is 12.5. The number of benzene rings is 2. The Labute approximate surface area is 137 Å². The number of hydrogen-bond acceptors (Lipinski definition) is 5. The third-order valence-electron chi connectivity index (χ3n) is 3.77. The summed E-state index contributed by atoms with van der Waals surface area (Å²) >= 11 is 0. The molecule has 3 aromatic rings. The lowest BCUT2D eigenvalue weighted by atomic mass is 10.1. The number of ether oxygens (including phenoxy) is 2. The molecule has 6 heteroatoms. The van der Waals surface area contributed by atoms with Gasteiger partial charge in [0.2, 0.25) is 6.79 Å². The maximum atomic E-state index is 11.0. The van der Waals surface area contributed by atoms with Gasteiger partial charge in [0.15, 0.2) is 11.5 Å². The Balaban J connectivity index is 1.66. The molecular weight excluding hydrogens is 308 g/mol. The molecule has 0 unspecified atom stereocenters. The zero-order valence-electron chi connectivity index (χ0n) is 12.5. The number of hydrogen-bond donors (Lipinski definition) is 0. The van der Waals surface area contributed by atoms with Crippen LogP contribution >= 0.6 is 0 Å². The third-order valence-corrected chi connectivity index (χ3v) is 3.77. The van der Waals surface area contributed by atoms with Crippen molar-refractivity contribution in [3.63, 3.8) is 0 Å². The highest BCUT2D eigenvalue weighted by atomic mass is 16.7. The molecule has 0 saturated carbocycles. The van der Waals surface area contributed by atoms with Crippen LogP contribution in [0.2, 0.25) is 0 Å². The first kappa shape index (κ1) is 14.2. The van der Waals surface area contributed by atoms with Gasteiger partial charge in [-0.05, 0) is 42.0 Å². The van der Waals surface area contributed by atoms with E-state index in [1.807, 2.05) is 30.4 Å². The van der Waals surface area contributed by atoms with Gasteiger partial charge >= 0.3 is 0 Å². The molecule has 0 spiro atoms. The summed E-state index contributed by atoms with van der Waals surface area (Å²) in [6.07, 6.45) is 3.77. The van der Waals surface area contributed by atoms with Crippen LogP contribution in [-0.2, 0) is 0 Å². The molecule has 1 aliphatic heterocycles. The first-order chi connectivity index (χ1) is 11.7. The van der Waals surface area contributed by atoms with E-state index in [9.17, 15) is 10.1 Å². The molecule has 0 N–H and O–H groups in total. The van der Waals surface area contributed by atoms with Gasteiger partial charge in [-0.15, -0.1) is 0 Å². The third kappa shape index (κ3) is 2.54. The Hall–Kier alpha value is -3.41. The Morgan fingerprint density at radius 2 is 1.92 bits per heavy atom. The first-order valence-electron chi connectivity index (χ1n) is 7.32. The van der Waals surface area contributed by atoms with Crippen LogP contribution in [0.1, 0.15) is 11.3 Å². The molecular formula is C18H12N2O4. The second kappa shape index (κ2) is 5.66. The van der Waals surface area contributed by atoms with Crippen molar-refractivity contribution in [2.75, 3.05) is 6.79 Å². The quantitative estimate of drug-likeness (QED) is 0.538. The van der Waals surface area contributed by atoms with Gasteiger partial charge in [-0.1, -0.05) is 18.2 Å². The summed E-state index contributed by atoms with van der Waals surface area (Å²) in [5.74, 6) is 1.46. The topological polar surface area (TPSA) is 74.5 Å². The van der Waals surface area contributed by atoms with Crippen molar-refractivity contribution in [2.24, 2.45) is 0 Å². The van der Waals surface area contributed by atoms with Crippen LogP contribution in [0.5, 0.6) is 11.5 Å². The van der Waals surface area contributed by atoms with Crippen molar-refractivity contribution in [1.29, 1.82) is 0 Å². The monoisotopic (exact) mass is 320 g/mol. The zero-order chi connectivity index (χ0) is 16.5. The molecule has 6 nitrogen and oxygen atoms in total. The molecule has 1 aliphatic rings. The van der Waals surface area contributed by atoms with Crippen LogP contribution in [0.15, 0.2) is 48.5 Å². The van der Waals surface area contributed by atoms with Crippen LogP contribution in [0, 0.1) is 10.1 Å². The van der Waals surface area contributed by atoms with Crippen LogP contribution in [0.3, 0.4) is 0 Å². The average Bonchev–Trinajstić information content (AvgIpc) is 3.06. The molecule has 2 heterocycles. The SMILES string of the molecule is O=[N+]([O-])c1cccc2nc(C=Cc3ccc4c(c3)OCO4)ccc12. The van der Waals surface area contributed by atoms with E-state index < -0.39 is 4.92 Å². The number of nitro groups is 1. The van der Waals surface area contributed by atoms with Crippen LogP contribution in [0.25, 0.3) is 23.1 Å². The number of nitro benzene ring substituents is 1. The normalized spacial score (nSPS) is 12.8. The summed E-state index contributed by atoms with van der Waals surface area (Å²) in [6, 6.07) is 14.0. The molecule has 1 aromatic heterocycles. The van der Waals surface area contributed by atoms with Crippen molar-refractivity contribution < 1.29 is 14.4 Å². The molecule has 0 fully saturated rings. The Morgan fingerprint density at radius 3 is 2.79 bits per heavy atom. The van der Waals surface area contributed by atoms with Gasteiger partial charge in [-0.25, -0.2) is 4.98 Å². The Kier molecular flexibility index (Phi) is 3.35. The summed E-state index contributed by atoms with van der Waals surface area (Å²) in [6.45, 7) is 0.244. The fourth-order valence-corrected chi connectivity index (χ4v) is 2.60.